The van der Waals surface area contributed by atoms with Gasteiger partial charge in [-0.3, -0.25) is 9.59 Å². The standard InChI is InChI=1S/C18H14FN5O3/c1-18(11-6-8-12(19)9-7-11)16(26)23(17(27)20-18)10-24-15(25)13-4-2-3-5-14(13)21-22-24/h2-9H,10H2,1H3,(H,20,27). The van der Waals surface area contributed by atoms with Crippen LogP contribution in [0.1, 0.15) is 12.5 Å². The van der Waals surface area contributed by atoms with Crippen molar-refractivity contribution in [1.29, 1.82) is 0 Å². The lowest BCUT2D eigenvalue weighted by Crippen LogP contribution is -2.42. The second-order valence-electron chi connectivity index (χ2n) is 6.35. The third-order valence-electron chi connectivity index (χ3n) is 4.60. The summed E-state index contributed by atoms with van der Waals surface area (Å²) in [7, 11) is 0. The third kappa shape index (κ3) is 2.64. The van der Waals surface area contributed by atoms with Gasteiger partial charge in [0.05, 0.1) is 5.39 Å². The molecule has 1 aliphatic rings. The smallest absolute Gasteiger partial charge is 0.319 e. The van der Waals surface area contributed by atoms with Crippen LogP contribution >= 0.6 is 0 Å². The van der Waals surface area contributed by atoms with Gasteiger partial charge in [0.1, 0.15) is 23.5 Å². The first-order chi connectivity index (χ1) is 12.9. The van der Waals surface area contributed by atoms with Gasteiger partial charge in [-0.2, -0.15) is 4.68 Å². The van der Waals surface area contributed by atoms with Crippen molar-refractivity contribution in [3.63, 3.8) is 0 Å². The fourth-order valence-electron chi connectivity index (χ4n) is 3.05. The zero-order chi connectivity index (χ0) is 19.2. The average molecular weight is 367 g/mol. The number of hydrogen-bond donors (Lipinski definition) is 1. The van der Waals surface area contributed by atoms with E-state index in [0.29, 0.717) is 16.5 Å². The number of hydrogen-bond acceptors (Lipinski definition) is 5. The van der Waals surface area contributed by atoms with Crippen molar-refractivity contribution >= 4 is 22.8 Å². The molecule has 4 rings (SSSR count). The molecule has 1 aromatic heterocycles. The van der Waals surface area contributed by atoms with Gasteiger partial charge in [-0.15, -0.1) is 5.10 Å². The highest BCUT2D eigenvalue weighted by Gasteiger charge is 2.49. The molecule has 1 saturated heterocycles. The first-order valence-corrected chi connectivity index (χ1v) is 8.13. The molecule has 8 nitrogen and oxygen atoms in total. The average Bonchev–Trinajstić information content (AvgIpc) is 2.88. The largest absolute Gasteiger partial charge is 0.326 e. The molecule has 0 spiro atoms. The molecular formula is C18H14FN5O3. The fourth-order valence-corrected chi connectivity index (χ4v) is 3.05. The minimum atomic E-state index is -1.36. The number of aromatic nitrogens is 3. The van der Waals surface area contributed by atoms with E-state index in [1.54, 1.807) is 24.3 Å². The highest BCUT2D eigenvalue weighted by molar-refractivity contribution is 6.06. The molecule has 1 aliphatic heterocycles. The van der Waals surface area contributed by atoms with Crippen molar-refractivity contribution < 1.29 is 14.0 Å². The van der Waals surface area contributed by atoms with Gasteiger partial charge in [-0.05, 0) is 36.8 Å². The Morgan fingerprint density at radius 2 is 1.78 bits per heavy atom. The third-order valence-corrected chi connectivity index (χ3v) is 4.60. The Bertz CT molecular complexity index is 1130. The van der Waals surface area contributed by atoms with Crippen molar-refractivity contribution in [2.45, 2.75) is 19.1 Å². The second kappa shape index (κ2) is 5.97. The summed E-state index contributed by atoms with van der Waals surface area (Å²) in [6.45, 7) is 1.15. The first kappa shape index (κ1) is 16.8. The van der Waals surface area contributed by atoms with Gasteiger partial charge in [0.25, 0.3) is 11.5 Å². The molecule has 1 fully saturated rings. The summed E-state index contributed by atoms with van der Waals surface area (Å²) in [6, 6.07) is 11.3. The van der Waals surface area contributed by atoms with E-state index < -0.39 is 28.9 Å². The Morgan fingerprint density at radius 1 is 1.07 bits per heavy atom. The molecule has 0 aliphatic carbocycles. The van der Waals surface area contributed by atoms with Crippen LogP contribution < -0.4 is 10.9 Å². The van der Waals surface area contributed by atoms with E-state index in [9.17, 15) is 18.8 Å². The van der Waals surface area contributed by atoms with Crippen LogP contribution in [0, 0.1) is 5.82 Å². The summed E-state index contributed by atoms with van der Waals surface area (Å²) in [4.78, 5) is 38.7. The molecule has 1 atom stereocenters. The van der Waals surface area contributed by atoms with E-state index in [-0.39, 0.29) is 6.67 Å². The molecule has 9 heteroatoms. The molecule has 0 radical (unpaired) electrons. The van der Waals surface area contributed by atoms with Crippen LogP contribution in [-0.2, 0) is 17.0 Å². The molecule has 1 N–H and O–H groups in total. The van der Waals surface area contributed by atoms with Crippen LogP contribution in [0.15, 0.2) is 53.3 Å². The summed E-state index contributed by atoms with van der Waals surface area (Å²) in [5, 5.41) is 10.7. The molecule has 1 unspecified atom stereocenters. The number of halogens is 1. The molecule has 3 amide bonds. The zero-order valence-corrected chi connectivity index (χ0v) is 14.2. The maximum atomic E-state index is 13.2. The first-order valence-electron chi connectivity index (χ1n) is 8.13. The lowest BCUT2D eigenvalue weighted by molar-refractivity contribution is -0.132. The molecule has 2 heterocycles. The van der Waals surface area contributed by atoms with E-state index in [2.05, 4.69) is 15.6 Å². The Hall–Kier alpha value is -3.62. The summed E-state index contributed by atoms with van der Waals surface area (Å²) in [6.07, 6.45) is 0. The highest BCUT2D eigenvalue weighted by Crippen LogP contribution is 2.29. The number of nitrogens with zero attached hydrogens (tertiary/aromatic N) is 4. The Kier molecular flexibility index (Phi) is 3.72. The molecule has 2 aromatic carbocycles. The number of fused-ring (bicyclic) bond motifs is 1. The maximum absolute atomic E-state index is 13.2. The number of imide groups is 1. The predicted molar refractivity (Wildman–Crippen MR) is 92.9 cm³/mol. The quantitative estimate of drug-likeness (QED) is 0.705. The molecule has 0 saturated carbocycles. The van der Waals surface area contributed by atoms with Gasteiger partial charge in [-0.25, -0.2) is 14.1 Å². The van der Waals surface area contributed by atoms with Crippen molar-refractivity contribution in [1.82, 2.24) is 25.2 Å². The SMILES string of the molecule is CC1(c2ccc(F)cc2)NC(=O)N(Cn2nnc3ccccc3c2=O)C1=O. The zero-order valence-electron chi connectivity index (χ0n) is 14.2. The van der Waals surface area contributed by atoms with Crippen molar-refractivity contribution in [2.75, 3.05) is 0 Å². The van der Waals surface area contributed by atoms with Gasteiger partial charge in [-0.1, -0.05) is 29.5 Å². The van der Waals surface area contributed by atoms with Crippen molar-refractivity contribution in [2.24, 2.45) is 0 Å². The summed E-state index contributed by atoms with van der Waals surface area (Å²) in [5.41, 5.74) is -0.969. The Labute approximate surface area is 152 Å². The number of amides is 3. The Morgan fingerprint density at radius 3 is 2.52 bits per heavy atom. The monoisotopic (exact) mass is 367 g/mol. The second-order valence-corrected chi connectivity index (χ2v) is 6.35. The van der Waals surface area contributed by atoms with E-state index >= 15 is 0 Å². The molecule has 27 heavy (non-hydrogen) atoms. The number of rotatable bonds is 3. The molecule has 136 valence electrons. The van der Waals surface area contributed by atoms with E-state index in [4.69, 9.17) is 0 Å². The predicted octanol–water partition coefficient (Wildman–Crippen LogP) is 1.36. The fraction of sp³-hybridized carbons (Fsp3) is 0.167. The number of carbonyl (C=O) groups is 2. The minimum absolute atomic E-state index is 0.334. The van der Waals surface area contributed by atoms with Crippen LogP contribution in [0.4, 0.5) is 9.18 Å². The number of urea groups is 1. The van der Waals surface area contributed by atoms with Crippen LogP contribution in [0.5, 0.6) is 0 Å². The van der Waals surface area contributed by atoms with Gasteiger partial charge in [0.15, 0.2) is 0 Å². The molecule has 3 aromatic rings. The molecular weight excluding hydrogens is 353 g/mol. The molecule has 0 bridgehead atoms. The number of nitrogens with one attached hydrogen (secondary N) is 1. The van der Waals surface area contributed by atoms with Crippen molar-refractivity contribution in [3.8, 4) is 0 Å². The normalized spacial score (nSPS) is 19.6. The lowest BCUT2D eigenvalue weighted by atomic mass is 9.92. The minimum Gasteiger partial charge on any atom is -0.319 e. The summed E-state index contributed by atoms with van der Waals surface area (Å²) < 4.78 is 14.1. The summed E-state index contributed by atoms with van der Waals surface area (Å²) in [5.74, 6) is -1.02. The number of carbonyl (C=O) groups excluding carboxylic acids is 2. The van der Waals surface area contributed by atoms with Crippen LogP contribution in [-0.4, -0.2) is 31.8 Å². The van der Waals surface area contributed by atoms with Gasteiger partial charge < -0.3 is 5.32 Å². The van der Waals surface area contributed by atoms with Crippen LogP contribution in [0.25, 0.3) is 10.9 Å². The van der Waals surface area contributed by atoms with E-state index in [1.165, 1.54) is 31.2 Å². The van der Waals surface area contributed by atoms with Crippen LogP contribution in [0.3, 0.4) is 0 Å². The van der Waals surface area contributed by atoms with Gasteiger partial charge in [0.2, 0.25) is 0 Å². The maximum Gasteiger partial charge on any atom is 0.326 e. The van der Waals surface area contributed by atoms with E-state index in [1.807, 2.05) is 0 Å². The number of benzene rings is 2. The Balaban J connectivity index is 1.68. The van der Waals surface area contributed by atoms with Crippen LogP contribution in [0.2, 0.25) is 0 Å². The highest BCUT2D eigenvalue weighted by atomic mass is 19.1. The van der Waals surface area contributed by atoms with Crippen molar-refractivity contribution in [3.05, 3.63) is 70.3 Å². The lowest BCUT2D eigenvalue weighted by Gasteiger charge is -2.22. The van der Waals surface area contributed by atoms with E-state index in [0.717, 1.165) is 9.58 Å². The summed E-state index contributed by atoms with van der Waals surface area (Å²) >= 11 is 0. The topological polar surface area (TPSA) is 97.2 Å². The van der Waals surface area contributed by atoms with Gasteiger partial charge in [0, 0.05) is 0 Å². The van der Waals surface area contributed by atoms with Gasteiger partial charge >= 0.3 is 6.03 Å².